The van der Waals surface area contributed by atoms with Crippen molar-refractivity contribution in [3.8, 4) is 11.1 Å². The van der Waals surface area contributed by atoms with Crippen LogP contribution in [0.5, 0.6) is 0 Å². The molecule has 1 fully saturated rings. The molecule has 1 atom stereocenters. The molecule has 2 aliphatic carbocycles. The van der Waals surface area contributed by atoms with Crippen molar-refractivity contribution < 1.29 is 24.2 Å². The minimum absolute atomic E-state index is 0.0128. The van der Waals surface area contributed by atoms with Crippen LogP contribution < -0.4 is 5.32 Å². The van der Waals surface area contributed by atoms with E-state index in [9.17, 15) is 14.4 Å². The smallest absolute Gasteiger partial charge is 0.407 e. The number of carbonyl (C=O) groups is 3. The van der Waals surface area contributed by atoms with Crippen molar-refractivity contribution >= 4 is 18.0 Å². The van der Waals surface area contributed by atoms with Crippen molar-refractivity contribution in [3.05, 3.63) is 59.7 Å². The normalized spacial score (nSPS) is 17.0. The van der Waals surface area contributed by atoms with Crippen LogP contribution in [-0.2, 0) is 14.3 Å². The highest BCUT2D eigenvalue weighted by molar-refractivity contribution is 5.86. The first-order valence-electron chi connectivity index (χ1n) is 12.2. The number of rotatable bonds is 9. The zero-order chi connectivity index (χ0) is 25.2. The summed E-state index contributed by atoms with van der Waals surface area (Å²) in [5.41, 5.74) is 4.77. The van der Waals surface area contributed by atoms with Crippen LogP contribution in [0.2, 0.25) is 0 Å². The highest BCUT2D eigenvalue weighted by atomic mass is 16.5. The predicted octanol–water partition coefficient (Wildman–Crippen LogP) is 4.65. The number of hydrogen-bond acceptors (Lipinski definition) is 4. The van der Waals surface area contributed by atoms with Gasteiger partial charge in [0.05, 0.1) is 0 Å². The number of carboxylic acids is 1. The van der Waals surface area contributed by atoms with E-state index in [2.05, 4.69) is 31.3 Å². The zero-order valence-corrected chi connectivity index (χ0v) is 20.6. The first-order chi connectivity index (χ1) is 16.6. The Morgan fingerprint density at radius 2 is 1.63 bits per heavy atom. The van der Waals surface area contributed by atoms with E-state index in [1.54, 1.807) is 11.9 Å². The molecule has 1 saturated carbocycles. The summed E-state index contributed by atoms with van der Waals surface area (Å²) >= 11 is 0. The molecule has 0 spiro atoms. The summed E-state index contributed by atoms with van der Waals surface area (Å²) in [4.78, 5) is 38.6. The third-order valence-corrected chi connectivity index (χ3v) is 7.17. The molecule has 4 rings (SSSR count). The molecule has 0 aromatic heterocycles. The molecule has 1 unspecified atom stereocenters. The second kappa shape index (κ2) is 10.1. The number of nitrogens with zero attached hydrogens (tertiary/aromatic N) is 1. The van der Waals surface area contributed by atoms with E-state index in [1.807, 2.05) is 36.4 Å². The number of hydrogen-bond donors (Lipinski definition) is 2. The molecule has 0 saturated heterocycles. The summed E-state index contributed by atoms with van der Waals surface area (Å²) < 4.78 is 5.58. The molecular formula is C28H34N2O5. The summed E-state index contributed by atoms with van der Waals surface area (Å²) in [7, 11) is 1.71. The van der Waals surface area contributed by atoms with Crippen molar-refractivity contribution in [3.63, 3.8) is 0 Å². The molecular weight excluding hydrogens is 444 g/mol. The minimum Gasteiger partial charge on any atom is -0.481 e. The number of alkyl carbamates (subject to hydrolysis) is 1. The van der Waals surface area contributed by atoms with Crippen molar-refractivity contribution in [2.45, 2.75) is 51.5 Å². The Hall–Kier alpha value is -3.35. The van der Waals surface area contributed by atoms with E-state index in [4.69, 9.17) is 9.84 Å². The number of nitrogens with one attached hydrogen (secondary N) is 1. The maximum Gasteiger partial charge on any atom is 0.407 e. The molecule has 0 bridgehead atoms. The second-order valence-corrected chi connectivity index (χ2v) is 10.6. The summed E-state index contributed by atoms with van der Waals surface area (Å²) in [5.74, 6) is -0.968. The van der Waals surface area contributed by atoms with E-state index in [-0.39, 0.29) is 31.3 Å². The fourth-order valence-electron chi connectivity index (χ4n) is 5.68. The van der Waals surface area contributed by atoms with Gasteiger partial charge >= 0.3 is 12.1 Å². The van der Waals surface area contributed by atoms with E-state index < -0.39 is 18.1 Å². The van der Waals surface area contributed by atoms with Crippen LogP contribution in [0.15, 0.2) is 48.5 Å². The van der Waals surface area contributed by atoms with Crippen molar-refractivity contribution in [1.29, 1.82) is 0 Å². The number of aliphatic carboxylic acids is 1. The Labute approximate surface area is 206 Å². The van der Waals surface area contributed by atoms with E-state index in [1.165, 1.54) is 0 Å². The number of fused-ring (bicyclic) bond motifs is 3. The highest BCUT2D eigenvalue weighted by Gasteiger charge is 2.38. The number of amides is 2. The second-order valence-electron chi connectivity index (χ2n) is 10.6. The van der Waals surface area contributed by atoms with Crippen LogP contribution in [-0.4, -0.2) is 54.2 Å². The fourth-order valence-corrected chi connectivity index (χ4v) is 5.68. The van der Waals surface area contributed by atoms with Gasteiger partial charge in [-0.05, 0) is 52.8 Å². The van der Waals surface area contributed by atoms with Gasteiger partial charge in [-0.25, -0.2) is 4.79 Å². The number of carboxylic acid groups (broad SMARTS) is 1. The summed E-state index contributed by atoms with van der Waals surface area (Å²) in [6.45, 7) is 5.14. The van der Waals surface area contributed by atoms with Crippen LogP contribution in [0.4, 0.5) is 4.79 Å². The van der Waals surface area contributed by atoms with Crippen LogP contribution >= 0.6 is 0 Å². The maximum absolute atomic E-state index is 13.1. The standard InChI is InChI=1S/C28H34N2O5/c1-28(2)14-18(15-28)16-30(3)26(33)24(12-13-25(31)32)29-27(34)35-17-23-21-10-6-4-8-19(21)20-9-5-7-11-22(20)23/h4-11,18,23-24H,12-17H2,1-3H3,(H,29,34)(H,31,32). The Balaban J connectivity index is 1.38. The van der Waals surface area contributed by atoms with Gasteiger partial charge in [0.1, 0.15) is 12.6 Å². The van der Waals surface area contributed by atoms with Crippen LogP contribution in [0, 0.1) is 11.3 Å². The summed E-state index contributed by atoms with van der Waals surface area (Å²) in [6, 6.07) is 15.2. The summed E-state index contributed by atoms with van der Waals surface area (Å²) in [5, 5.41) is 11.8. The van der Waals surface area contributed by atoms with Gasteiger partial charge in [0, 0.05) is 25.9 Å². The maximum atomic E-state index is 13.1. The van der Waals surface area contributed by atoms with Crippen LogP contribution in [0.25, 0.3) is 11.1 Å². The minimum atomic E-state index is -1.01. The van der Waals surface area contributed by atoms with E-state index in [0.29, 0.717) is 17.9 Å². The average molecular weight is 479 g/mol. The predicted molar refractivity (Wildman–Crippen MR) is 133 cm³/mol. The van der Waals surface area contributed by atoms with Gasteiger partial charge in [-0.2, -0.15) is 0 Å². The fraction of sp³-hybridized carbons (Fsp3) is 0.464. The molecule has 0 radical (unpaired) electrons. The molecule has 2 aliphatic rings. The Morgan fingerprint density at radius 3 is 2.17 bits per heavy atom. The molecule has 2 aromatic rings. The highest BCUT2D eigenvalue weighted by Crippen LogP contribution is 2.45. The van der Waals surface area contributed by atoms with Crippen molar-refractivity contribution in [2.75, 3.05) is 20.2 Å². The molecule has 186 valence electrons. The monoisotopic (exact) mass is 478 g/mol. The van der Waals surface area contributed by atoms with E-state index >= 15 is 0 Å². The van der Waals surface area contributed by atoms with Crippen molar-refractivity contribution in [1.82, 2.24) is 10.2 Å². The Bertz CT molecular complexity index is 1060. The first kappa shape index (κ1) is 24.8. The molecule has 7 nitrogen and oxygen atoms in total. The number of likely N-dealkylation sites (N-methyl/N-ethyl adjacent to an activating group) is 1. The average Bonchev–Trinajstić information content (AvgIpc) is 3.12. The quantitative estimate of drug-likeness (QED) is 0.547. The molecule has 2 amide bonds. The third kappa shape index (κ3) is 5.66. The largest absolute Gasteiger partial charge is 0.481 e. The topological polar surface area (TPSA) is 95.9 Å². The van der Waals surface area contributed by atoms with Gasteiger partial charge < -0.3 is 20.1 Å². The lowest BCUT2D eigenvalue weighted by Gasteiger charge is -2.44. The molecule has 7 heteroatoms. The van der Waals surface area contributed by atoms with E-state index in [0.717, 1.165) is 35.1 Å². The van der Waals surface area contributed by atoms with Gasteiger partial charge in [0.2, 0.25) is 5.91 Å². The Morgan fingerprint density at radius 1 is 1.06 bits per heavy atom. The number of ether oxygens (including phenoxy) is 1. The third-order valence-electron chi connectivity index (χ3n) is 7.17. The molecule has 0 aliphatic heterocycles. The first-order valence-corrected chi connectivity index (χ1v) is 12.2. The number of benzene rings is 2. The van der Waals surface area contributed by atoms with Crippen LogP contribution in [0.1, 0.15) is 56.6 Å². The van der Waals surface area contributed by atoms with Crippen LogP contribution in [0.3, 0.4) is 0 Å². The molecule has 2 N–H and O–H groups in total. The zero-order valence-electron chi connectivity index (χ0n) is 20.6. The lowest BCUT2D eigenvalue weighted by atomic mass is 9.64. The number of carbonyl (C=O) groups excluding carboxylic acids is 2. The lowest BCUT2D eigenvalue weighted by Crippen LogP contribution is -2.50. The van der Waals surface area contributed by atoms with Gasteiger partial charge in [0.15, 0.2) is 0 Å². The Kier molecular flexibility index (Phi) is 7.15. The van der Waals surface area contributed by atoms with Crippen molar-refractivity contribution in [2.24, 2.45) is 11.3 Å². The molecule has 0 heterocycles. The lowest BCUT2D eigenvalue weighted by molar-refractivity contribution is -0.138. The SMILES string of the molecule is CN(CC1CC(C)(C)C1)C(=O)C(CCC(=O)O)NC(=O)OCC1c2ccccc2-c2ccccc21. The van der Waals surface area contributed by atoms with Gasteiger partial charge in [0.25, 0.3) is 0 Å². The van der Waals surface area contributed by atoms with Gasteiger partial charge in [-0.15, -0.1) is 0 Å². The molecule has 35 heavy (non-hydrogen) atoms. The summed E-state index contributed by atoms with van der Waals surface area (Å²) in [6.07, 6.45) is 1.17. The van der Waals surface area contributed by atoms with Gasteiger partial charge in [-0.1, -0.05) is 62.4 Å². The molecule has 2 aromatic carbocycles. The van der Waals surface area contributed by atoms with Gasteiger partial charge in [-0.3, -0.25) is 9.59 Å².